The van der Waals surface area contributed by atoms with Gasteiger partial charge in [0.2, 0.25) is 0 Å². The summed E-state index contributed by atoms with van der Waals surface area (Å²) in [4.78, 5) is 2.55. The largest absolute Gasteiger partial charge is 0.336 e. The number of rotatable bonds is 5. The molecule has 48 heavy (non-hydrogen) atoms. The molecule has 1 nitrogen and oxygen atoms in total. The lowest BCUT2D eigenvalue weighted by atomic mass is 9.70. The van der Waals surface area contributed by atoms with Gasteiger partial charge in [0.15, 0.2) is 0 Å². The molecule has 4 aromatic rings. The van der Waals surface area contributed by atoms with Gasteiger partial charge in [-0.15, -0.1) is 0 Å². The molecule has 2 saturated carbocycles. The average molecular weight is 640 g/mol. The second kappa shape index (κ2) is 11.9. The third kappa shape index (κ3) is 6.05. The first-order valence-corrected chi connectivity index (χ1v) is 18.6. The van der Waals surface area contributed by atoms with E-state index in [-0.39, 0.29) is 21.8 Å². The van der Waals surface area contributed by atoms with Crippen LogP contribution in [0.2, 0.25) is 0 Å². The summed E-state index contributed by atoms with van der Waals surface area (Å²) in [6.45, 7) is 21.1. The summed E-state index contributed by atoms with van der Waals surface area (Å²) in [6, 6.07) is 31.4. The highest BCUT2D eigenvalue weighted by atomic mass is 15.2. The molecule has 3 aliphatic rings. The van der Waals surface area contributed by atoms with Crippen molar-refractivity contribution in [3.8, 4) is 22.3 Å². The van der Waals surface area contributed by atoms with Gasteiger partial charge in [-0.05, 0) is 157 Å². The van der Waals surface area contributed by atoms with Gasteiger partial charge in [-0.25, -0.2) is 0 Å². The predicted octanol–water partition coefficient (Wildman–Crippen LogP) is 14.0. The van der Waals surface area contributed by atoms with Gasteiger partial charge in [0.05, 0.1) is 0 Å². The van der Waals surface area contributed by atoms with Crippen LogP contribution in [0.3, 0.4) is 0 Å². The molecule has 0 spiro atoms. The van der Waals surface area contributed by atoms with Gasteiger partial charge < -0.3 is 4.90 Å². The van der Waals surface area contributed by atoms with E-state index in [0.29, 0.717) is 0 Å². The molecular weight excluding hydrogens is 579 g/mol. The van der Waals surface area contributed by atoms with E-state index < -0.39 is 11.8 Å². The second-order valence-electron chi connectivity index (χ2n) is 18.2. The molecule has 0 unspecified atom stereocenters. The van der Waals surface area contributed by atoms with Crippen LogP contribution in [0.1, 0.15) is 150 Å². The second-order valence-corrected chi connectivity index (χ2v) is 18.2. The summed E-state index contributed by atoms with van der Waals surface area (Å²) in [5.41, 5.74) is 12.3. The molecular formula is C47H59N. The van der Waals surface area contributed by atoms with E-state index in [2.05, 4.69) is 152 Å². The number of hydrogen-bond donors (Lipinski definition) is 0. The Hall–Kier alpha value is -3.32. The van der Waals surface area contributed by atoms with Gasteiger partial charge in [0.1, 0.15) is 0 Å². The molecule has 4 aromatic carbocycles. The van der Waals surface area contributed by atoms with Gasteiger partial charge in [-0.2, -0.15) is 0 Å². The minimum atomic E-state index is -0.696. The number of hydrogen-bond acceptors (Lipinski definition) is 1. The third-order valence-electron chi connectivity index (χ3n) is 12.1. The number of anilines is 2. The zero-order chi connectivity index (χ0) is 35.9. The lowest BCUT2D eigenvalue weighted by Crippen LogP contribution is -2.39. The zero-order valence-electron chi connectivity index (χ0n) is 33.2. The summed E-state index contributed by atoms with van der Waals surface area (Å²) in [5.74, 6) is -1.38. The van der Waals surface area contributed by atoms with E-state index in [0.717, 1.165) is 73.9 Å². The maximum atomic E-state index is 10.3. The van der Waals surface area contributed by atoms with E-state index in [1.54, 1.807) is 0 Å². The molecule has 2 fully saturated rings. The van der Waals surface area contributed by atoms with Gasteiger partial charge >= 0.3 is 0 Å². The van der Waals surface area contributed by atoms with E-state index in [1.807, 2.05) is 0 Å². The average Bonchev–Trinajstić information content (AvgIpc) is 3.29. The standard InChI is InChI=1S/C47H59N/c1-44(2,3)48(42-20-19-35(32-15-11-10-12-16-32)29-37(42)33-21-25-45(4,5)26-22-33)43-31-39-36-17-13-14-18-40(36)47(8,9)41(39)30-38(43)34-23-27-46(6,7)28-24-34/h10-20,29-31,33-34H,21-28H2,1-9H3/i33D,34D. The maximum absolute atomic E-state index is 10.3. The number of fused-ring (bicyclic) bond motifs is 3. The number of nitrogens with zero attached hydrogens (tertiary/aromatic N) is 1. The smallest absolute Gasteiger partial charge is 0.0457 e. The van der Waals surface area contributed by atoms with Crippen LogP contribution >= 0.6 is 0 Å². The van der Waals surface area contributed by atoms with E-state index in [9.17, 15) is 2.74 Å². The van der Waals surface area contributed by atoms with Crippen molar-refractivity contribution in [3.63, 3.8) is 0 Å². The van der Waals surface area contributed by atoms with Crippen LogP contribution in [0, 0.1) is 10.8 Å². The van der Waals surface area contributed by atoms with Crippen LogP contribution in [-0.4, -0.2) is 5.54 Å². The van der Waals surface area contributed by atoms with Crippen LogP contribution in [-0.2, 0) is 5.41 Å². The lowest BCUT2D eigenvalue weighted by molar-refractivity contribution is 0.224. The monoisotopic (exact) mass is 639 g/mol. The Bertz CT molecular complexity index is 1890. The SMILES string of the molecule is [2H]C1(c2cc(-c3ccccc3)ccc2N(c2cc3c(cc2C2([2H])CCC(C)(C)CC2)C(C)(C)c2ccccc2-3)C(C)(C)C)CCC(C)(C)CC1. The molecule has 0 aromatic heterocycles. The highest BCUT2D eigenvalue weighted by molar-refractivity contribution is 5.87. The van der Waals surface area contributed by atoms with Crippen molar-refractivity contribution in [2.75, 3.05) is 4.90 Å². The molecule has 0 N–H and O–H groups in total. The first-order chi connectivity index (χ1) is 23.3. The van der Waals surface area contributed by atoms with Crippen molar-refractivity contribution >= 4 is 11.4 Å². The first kappa shape index (κ1) is 30.7. The molecule has 252 valence electrons. The molecule has 7 rings (SSSR count). The van der Waals surface area contributed by atoms with Gasteiger partial charge in [-0.1, -0.05) is 108 Å². The fourth-order valence-corrected chi connectivity index (χ4v) is 8.88. The minimum absolute atomic E-state index is 0.140. The molecule has 0 saturated heterocycles. The van der Waals surface area contributed by atoms with E-state index in [4.69, 9.17) is 0 Å². The number of benzene rings is 4. The molecule has 0 radical (unpaired) electrons. The Morgan fingerprint density at radius 3 is 1.69 bits per heavy atom. The zero-order valence-corrected chi connectivity index (χ0v) is 31.2. The highest BCUT2D eigenvalue weighted by Crippen LogP contribution is 2.56. The Morgan fingerprint density at radius 1 is 0.562 bits per heavy atom. The summed E-state index contributed by atoms with van der Waals surface area (Å²) in [7, 11) is 0. The van der Waals surface area contributed by atoms with Crippen LogP contribution in [0.15, 0.2) is 84.9 Å². The molecule has 0 bridgehead atoms. The highest BCUT2D eigenvalue weighted by Gasteiger charge is 2.40. The van der Waals surface area contributed by atoms with Crippen LogP contribution in [0.25, 0.3) is 22.3 Å². The van der Waals surface area contributed by atoms with Crippen molar-refractivity contribution in [1.29, 1.82) is 0 Å². The molecule has 1 heteroatoms. The summed E-state index contributed by atoms with van der Waals surface area (Å²) in [6.07, 6.45) is 7.59. The molecule has 0 atom stereocenters. The summed E-state index contributed by atoms with van der Waals surface area (Å²) >= 11 is 0. The van der Waals surface area contributed by atoms with Crippen molar-refractivity contribution in [1.82, 2.24) is 0 Å². The predicted molar refractivity (Wildman–Crippen MR) is 208 cm³/mol. The van der Waals surface area contributed by atoms with Crippen LogP contribution in [0.5, 0.6) is 0 Å². The summed E-state index contributed by atoms with van der Waals surface area (Å²) < 4.78 is 20.5. The molecule has 3 aliphatic carbocycles. The van der Waals surface area contributed by atoms with Crippen LogP contribution < -0.4 is 4.90 Å². The topological polar surface area (TPSA) is 3.24 Å². The minimum Gasteiger partial charge on any atom is -0.336 e. The fraction of sp³-hybridized carbons (Fsp3) is 0.489. The maximum Gasteiger partial charge on any atom is 0.0457 e. The van der Waals surface area contributed by atoms with Gasteiger partial charge in [-0.3, -0.25) is 0 Å². The Morgan fingerprint density at radius 2 is 1.10 bits per heavy atom. The van der Waals surface area contributed by atoms with Gasteiger partial charge in [0, 0.05) is 25.1 Å². The van der Waals surface area contributed by atoms with E-state index in [1.165, 1.54) is 33.4 Å². The normalized spacial score (nSPS) is 22.2. The quantitative estimate of drug-likeness (QED) is 0.210. The third-order valence-corrected chi connectivity index (χ3v) is 12.1. The van der Waals surface area contributed by atoms with Crippen molar-refractivity contribution in [3.05, 3.63) is 107 Å². The Labute approximate surface area is 295 Å². The van der Waals surface area contributed by atoms with Gasteiger partial charge in [0.25, 0.3) is 0 Å². The Balaban J connectivity index is 1.50. The fourth-order valence-electron chi connectivity index (χ4n) is 8.88. The van der Waals surface area contributed by atoms with Crippen molar-refractivity contribution in [2.45, 2.75) is 136 Å². The summed E-state index contributed by atoms with van der Waals surface area (Å²) in [5, 5.41) is 0. The molecule has 0 aliphatic heterocycles. The molecule has 0 amide bonds. The van der Waals surface area contributed by atoms with Crippen molar-refractivity contribution < 1.29 is 2.74 Å². The van der Waals surface area contributed by atoms with Crippen molar-refractivity contribution in [2.24, 2.45) is 10.8 Å². The van der Waals surface area contributed by atoms with E-state index >= 15 is 0 Å². The lowest BCUT2D eigenvalue weighted by Gasteiger charge is -2.44. The van der Waals surface area contributed by atoms with Crippen LogP contribution in [0.4, 0.5) is 11.4 Å². The molecule has 0 heterocycles. The Kier molecular flexibility index (Phi) is 7.63. The first-order valence-electron chi connectivity index (χ1n) is 19.6.